The largest absolute Gasteiger partial charge is 2.00 e. The number of para-hydroxylation sites is 2. The van der Waals surface area contributed by atoms with Gasteiger partial charge in [-0.2, -0.15) is 0 Å². The summed E-state index contributed by atoms with van der Waals surface area (Å²) in [6, 6.07) is 81.2. The van der Waals surface area contributed by atoms with Gasteiger partial charge in [0.2, 0.25) is 0 Å². The quantitative estimate of drug-likeness (QED) is 0.112. The van der Waals surface area contributed by atoms with Crippen molar-refractivity contribution in [2.45, 2.75) is 30.6 Å². The zero-order valence-electron chi connectivity index (χ0n) is 38.4. The molecule has 69 heavy (non-hydrogen) atoms. The van der Waals surface area contributed by atoms with Crippen LogP contribution in [0.4, 0.5) is 17.1 Å². The number of carbonyl (C=O) groups excluding carboxylic acids is 1. The van der Waals surface area contributed by atoms with Crippen LogP contribution in [0.1, 0.15) is 72.9 Å². The molecule has 0 saturated heterocycles. The first kappa shape index (κ1) is 43.3. The molecule has 2 atom stereocenters. The Morgan fingerprint density at radius 2 is 0.942 bits per heavy atom. The molecule has 1 heterocycles. The van der Waals surface area contributed by atoms with Gasteiger partial charge in [-0.1, -0.05) is 195 Å². The van der Waals surface area contributed by atoms with E-state index < -0.39 is 5.41 Å². The molecule has 0 radical (unpaired) electrons. The second kappa shape index (κ2) is 17.2. The van der Waals surface area contributed by atoms with E-state index in [1.165, 1.54) is 66.8 Å². The minimum absolute atomic E-state index is 0. The molecular weight excluding hydrogens is 1060 g/mol. The average molecular weight is 1110 g/mol. The number of allylic oxidation sites excluding steroid dienone is 4. The molecule has 3 aliphatic carbocycles. The first-order chi connectivity index (χ1) is 33.6. The fraction of sp³-hybridized carbons (Fsp3) is 0.106. The van der Waals surface area contributed by atoms with Gasteiger partial charge in [0.25, 0.3) is 0 Å². The summed E-state index contributed by atoms with van der Waals surface area (Å²) in [5.74, 6) is 0.505. The zero-order valence-corrected chi connectivity index (χ0v) is 42.5. The Hall–Kier alpha value is -7.02. The van der Waals surface area contributed by atoms with Crippen molar-refractivity contribution in [3.8, 4) is 22.3 Å². The summed E-state index contributed by atoms with van der Waals surface area (Å²) >= 11 is 0. The molecule has 0 bridgehead atoms. The summed E-state index contributed by atoms with van der Waals surface area (Å²) in [6.45, 7) is 2.36. The van der Waals surface area contributed by atoms with Crippen LogP contribution >= 0.6 is 0 Å². The molecule has 1 aliphatic heterocycles. The maximum Gasteiger partial charge on any atom is 2.00 e. The summed E-state index contributed by atoms with van der Waals surface area (Å²) in [7, 11) is 0. The molecule has 9 aromatic carbocycles. The summed E-state index contributed by atoms with van der Waals surface area (Å²) in [6.07, 6.45) is 10.9. The van der Waals surface area contributed by atoms with Crippen molar-refractivity contribution in [2.24, 2.45) is 11.8 Å². The van der Waals surface area contributed by atoms with Crippen LogP contribution in [0, 0.1) is 55.1 Å². The zero-order chi connectivity index (χ0) is 45.4. The van der Waals surface area contributed by atoms with Crippen molar-refractivity contribution in [3.63, 3.8) is 0 Å². The normalized spacial score (nSPS) is 16.9. The van der Waals surface area contributed by atoms with Crippen LogP contribution in [0.5, 0.6) is 0 Å². The molecule has 9 aromatic rings. The van der Waals surface area contributed by atoms with Crippen LogP contribution in [0.3, 0.4) is 0 Å². The molecule has 1 spiro atoms. The number of nitrogens with zero attached hydrogens (tertiary/aromatic N) is 1. The van der Waals surface area contributed by atoms with Gasteiger partial charge in [-0.05, 0) is 96.9 Å². The Balaban J connectivity index is 0.00000492. The number of aryl methyl sites for hydroxylation is 2. The Labute approximate surface area is 429 Å². The predicted molar refractivity (Wildman–Crippen MR) is 276 cm³/mol. The van der Waals surface area contributed by atoms with Crippen molar-refractivity contribution >= 4 is 22.8 Å². The molecule has 4 aliphatic rings. The van der Waals surface area contributed by atoms with Gasteiger partial charge in [0.1, 0.15) is 0 Å². The van der Waals surface area contributed by atoms with Crippen molar-refractivity contribution in [1.82, 2.24) is 0 Å². The molecule has 0 aromatic heterocycles. The molecule has 2 nitrogen and oxygen atoms in total. The molecule has 0 amide bonds. The monoisotopic (exact) mass is 1110 g/mol. The fourth-order valence-electron chi connectivity index (χ4n) is 12.7. The maximum absolute atomic E-state index is 14.1. The fourth-order valence-corrected chi connectivity index (χ4v) is 12.7. The van der Waals surface area contributed by atoms with Crippen molar-refractivity contribution < 1.29 is 35.9 Å². The van der Waals surface area contributed by atoms with Crippen molar-refractivity contribution in [3.05, 3.63) is 304 Å². The van der Waals surface area contributed by atoms with Gasteiger partial charge in [0.15, 0.2) is 0 Å². The molecule has 0 saturated carbocycles. The summed E-state index contributed by atoms with van der Waals surface area (Å²) in [5, 5.41) is 0. The first-order valence-electron chi connectivity index (χ1n) is 24.0. The topological polar surface area (TPSA) is 20.3 Å². The Morgan fingerprint density at radius 1 is 0.478 bits per heavy atom. The number of rotatable bonds is 8. The van der Waals surface area contributed by atoms with Gasteiger partial charge in [-0.15, -0.1) is 65.2 Å². The molecule has 0 N–H and O–H groups in total. The number of hydrogen-bond acceptors (Lipinski definition) is 2. The van der Waals surface area contributed by atoms with E-state index in [2.05, 4.69) is 230 Å². The Bertz CT molecular complexity index is 3380. The third-order valence-corrected chi connectivity index (χ3v) is 15.5. The van der Waals surface area contributed by atoms with E-state index in [0.717, 1.165) is 35.5 Å². The molecule has 2 unspecified atom stereocenters. The number of hydrogen-bond donors (Lipinski definition) is 0. The first-order valence-corrected chi connectivity index (χ1v) is 24.0. The Kier molecular flexibility index (Phi) is 10.8. The number of anilines is 3. The second-order valence-corrected chi connectivity index (χ2v) is 18.8. The van der Waals surface area contributed by atoms with Crippen LogP contribution in [-0.2, 0) is 23.7 Å². The van der Waals surface area contributed by atoms with Gasteiger partial charge in [-0.3, -0.25) is 0 Å². The van der Waals surface area contributed by atoms with E-state index in [1.807, 2.05) is 24.3 Å². The third-order valence-electron chi connectivity index (χ3n) is 15.5. The van der Waals surface area contributed by atoms with Gasteiger partial charge in [0.05, 0.1) is 16.6 Å². The van der Waals surface area contributed by atoms with E-state index in [1.54, 1.807) is 0 Å². The minimum atomic E-state index is -0.471. The van der Waals surface area contributed by atoms with Crippen LogP contribution in [-0.4, -0.2) is 5.78 Å². The summed E-state index contributed by atoms with van der Waals surface area (Å²) < 4.78 is 0. The van der Waals surface area contributed by atoms with Crippen LogP contribution in [0.2, 0.25) is 0 Å². The van der Waals surface area contributed by atoms with Crippen LogP contribution in [0.25, 0.3) is 22.3 Å². The molecule has 13 rings (SSSR count). The summed E-state index contributed by atoms with van der Waals surface area (Å²) in [5.41, 5.74) is 20.3. The standard InChI is InChI=1S/C66H47NO.U/c1-44-18-2-8-24-54(44)65(56-26-10-4-20-50(56)51-21-5-11-27-57(51)65)55-25-9-3-19-46(55)37-34-45-35-38-47(39-36-45)64(68)48-40-42-49(43-41-48)67-62-32-16-14-30-60(62)66(61-31-15-17-33-63(61)67)58-28-12-6-22-52(58)53-23-7-13-29-59(53)66;/h2-33,35-36,38,40,42-44,54H,34,37H2,1H3;/q-2;+2. The smallest absolute Gasteiger partial charge is 0.351 e. The average Bonchev–Trinajstić information content (AvgIpc) is 3.87. The van der Waals surface area contributed by atoms with E-state index >= 15 is 0 Å². The van der Waals surface area contributed by atoms with E-state index in [-0.39, 0.29) is 48.2 Å². The minimum Gasteiger partial charge on any atom is -0.351 e. The number of carbonyl (C=O) groups is 1. The molecule has 326 valence electrons. The number of fused-ring (bicyclic) bond motifs is 12. The third kappa shape index (κ3) is 6.41. The van der Waals surface area contributed by atoms with Gasteiger partial charge < -0.3 is 9.69 Å². The predicted octanol–water partition coefficient (Wildman–Crippen LogP) is 15.1. The van der Waals surface area contributed by atoms with Crippen molar-refractivity contribution in [1.29, 1.82) is 0 Å². The summed E-state index contributed by atoms with van der Waals surface area (Å²) in [4.78, 5) is 16.5. The van der Waals surface area contributed by atoms with E-state index in [9.17, 15) is 4.79 Å². The van der Waals surface area contributed by atoms with Gasteiger partial charge in [-0.25, -0.2) is 0 Å². The second-order valence-electron chi connectivity index (χ2n) is 18.8. The van der Waals surface area contributed by atoms with Crippen molar-refractivity contribution in [2.75, 3.05) is 4.90 Å². The van der Waals surface area contributed by atoms with Gasteiger partial charge in [0, 0.05) is 17.3 Å². The number of benzene rings is 9. The maximum atomic E-state index is 14.1. The van der Waals surface area contributed by atoms with Crippen LogP contribution in [0.15, 0.2) is 231 Å². The molecular formula is C66H47NOU. The van der Waals surface area contributed by atoms with E-state index in [0.29, 0.717) is 17.0 Å². The Morgan fingerprint density at radius 3 is 1.48 bits per heavy atom. The molecule has 0 fully saturated rings. The van der Waals surface area contributed by atoms with E-state index in [4.69, 9.17) is 0 Å². The van der Waals surface area contributed by atoms with Gasteiger partial charge >= 0.3 is 31.1 Å². The number of ketones is 1. The molecule has 3 heteroatoms. The SMILES string of the molecule is CC1C=CC=CC1C1(c2ccccc2CCc2c[c-]c(C(=O)c3[c-]cc(N4c5ccccc5C5(c6ccccc6-c6ccccc65)c5ccccc54)cc3)cc2)c2ccccc2-c2ccccc21.[U+2]. The van der Waals surface area contributed by atoms with Crippen LogP contribution < -0.4 is 4.90 Å².